The molecule has 0 aromatic heterocycles. The van der Waals surface area contributed by atoms with Gasteiger partial charge in [0.25, 0.3) is 0 Å². The largest absolute Gasteiger partial charge is 0.472 e. The number of carbonyl (C=O) groups excluding carboxylic acids is 2. The van der Waals surface area contributed by atoms with Gasteiger partial charge in [0.2, 0.25) is 0 Å². The maximum Gasteiger partial charge on any atom is 0.472 e. The second kappa shape index (κ2) is 39.4. The Morgan fingerprint density at radius 3 is 1.67 bits per heavy atom. The normalized spacial score (nSPS) is 15.2. The lowest BCUT2D eigenvalue weighted by Gasteiger charge is -2.20. The van der Waals surface area contributed by atoms with Crippen LogP contribution in [0.5, 0.6) is 0 Å². The second-order valence-corrected chi connectivity index (χ2v) is 17.2. The Morgan fingerprint density at radius 1 is 0.533 bits per heavy atom. The van der Waals surface area contributed by atoms with E-state index in [1.807, 2.05) is 24.3 Å². The number of unbranched alkanes of at least 4 members (excludes halogenated alkanes) is 10. The number of aliphatic hydroxyl groups is 2. The van der Waals surface area contributed by atoms with E-state index in [0.717, 1.165) is 70.6 Å². The Kier molecular flexibility index (Phi) is 37.7. The van der Waals surface area contributed by atoms with Crippen LogP contribution in [0.25, 0.3) is 0 Å². The number of hydrogen-bond acceptors (Lipinski definition) is 11. The minimum Gasteiger partial charge on any atom is -0.462 e. The van der Waals surface area contributed by atoms with Crippen molar-refractivity contribution in [2.24, 2.45) is 0 Å². The summed E-state index contributed by atoms with van der Waals surface area (Å²) in [4.78, 5) is 52.6. The first-order chi connectivity index (χ1) is 28.8. The van der Waals surface area contributed by atoms with Crippen LogP contribution in [0, 0.1) is 0 Å². The van der Waals surface area contributed by atoms with Crippen LogP contribution in [-0.2, 0) is 41.8 Å². The first kappa shape index (κ1) is 57.5. The molecular formula is C44H76O14P2. The maximum atomic E-state index is 12.6. The Hall–Kier alpha value is -2.48. The SMILES string of the molecule is CCCCCC/C=C\C=C/CCCCCCCC(=O)OC[C@H](COP(=O)(O)OC[C@@H](O)COP(=O)(O)O)OC(=O)CCC/C=C\C/C=C\C/C=C\C/C=C\CC(O)CCC. The van der Waals surface area contributed by atoms with E-state index in [-0.39, 0.29) is 18.9 Å². The molecule has 60 heavy (non-hydrogen) atoms. The highest BCUT2D eigenvalue weighted by Crippen LogP contribution is 2.43. The van der Waals surface area contributed by atoms with Crippen LogP contribution in [0.2, 0.25) is 0 Å². The third kappa shape index (κ3) is 42.2. The fourth-order valence-corrected chi connectivity index (χ4v) is 6.50. The molecule has 0 spiro atoms. The average molecular weight is 891 g/mol. The smallest absolute Gasteiger partial charge is 0.462 e. The van der Waals surface area contributed by atoms with E-state index in [4.69, 9.17) is 23.8 Å². The van der Waals surface area contributed by atoms with Crippen molar-refractivity contribution < 1.29 is 66.7 Å². The van der Waals surface area contributed by atoms with Gasteiger partial charge in [-0.15, -0.1) is 0 Å². The quantitative estimate of drug-likeness (QED) is 0.0127. The summed E-state index contributed by atoms with van der Waals surface area (Å²) in [5.41, 5.74) is 0. The van der Waals surface area contributed by atoms with Gasteiger partial charge in [-0.2, -0.15) is 0 Å². The van der Waals surface area contributed by atoms with Gasteiger partial charge in [-0.3, -0.25) is 23.2 Å². The summed E-state index contributed by atoms with van der Waals surface area (Å²) in [6.45, 7) is 1.44. The van der Waals surface area contributed by atoms with Crippen LogP contribution in [-0.4, -0.2) is 81.6 Å². The molecule has 2 unspecified atom stereocenters. The second-order valence-electron chi connectivity index (χ2n) is 14.5. The predicted octanol–water partition coefficient (Wildman–Crippen LogP) is 9.98. The number of carbonyl (C=O) groups is 2. The van der Waals surface area contributed by atoms with Gasteiger partial charge >= 0.3 is 27.6 Å². The van der Waals surface area contributed by atoms with Gasteiger partial charge in [-0.05, 0) is 77.0 Å². The van der Waals surface area contributed by atoms with E-state index in [1.54, 1.807) is 0 Å². The molecule has 0 aliphatic carbocycles. The monoisotopic (exact) mass is 890 g/mol. The minimum absolute atomic E-state index is 0.0338. The van der Waals surface area contributed by atoms with Crippen LogP contribution in [0.3, 0.4) is 0 Å². The van der Waals surface area contributed by atoms with Crippen molar-refractivity contribution in [2.45, 2.75) is 167 Å². The molecule has 0 bridgehead atoms. The zero-order valence-electron chi connectivity index (χ0n) is 36.1. The lowest BCUT2D eigenvalue weighted by molar-refractivity contribution is -0.161. The van der Waals surface area contributed by atoms with Gasteiger partial charge in [-0.25, -0.2) is 9.13 Å². The molecule has 16 heteroatoms. The molecule has 0 aromatic rings. The molecule has 0 rings (SSSR count). The van der Waals surface area contributed by atoms with E-state index in [2.05, 4.69) is 71.5 Å². The molecule has 0 aromatic carbocycles. The summed E-state index contributed by atoms with van der Waals surface area (Å²) >= 11 is 0. The Labute approximate surface area is 359 Å². The molecule has 0 saturated heterocycles. The van der Waals surface area contributed by atoms with Crippen LogP contribution < -0.4 is 0 Å². The highest BCUT2D eigenvalue weighted by Gasteiger charge is 2.28. The number of phosphoric ester groups is 2. The summed E-state index contributed by atoms with van der Waals surface area (Å²) < 4.78 is 47.7. The predicted molar refractivity (Wildman–Crippen MR) is 236 cm³/mol. The van der Waals surface area contributed by atoms with Crippen molar-refractivity contribution in [3.05, 3.63) is 72.9 Å². The number of rotatable bonds is 40. The molecule has 0 amide bonds. The standard InChI is InChI=1S/C44H76O14P2/c1-3-5-6-7-8-9-10-11-12-15-18-21-24-27-30-34-43(47)54-38-42(39-57-60(52,53)56-37-41(46)36-55-59(49,50)51)58-44(48)35-31-28-25-22-19-16-13-14-17-20-23-26-29-33-40(45)32-4-2/h9-13,16-17,20,22,25-26,29,40-42,45-46H,3-8,14-15,18-19,21,23-24,27-28,30-39H2,1-2H3,(H,52,53)(H2,49,50,51)/b10-9-,12-11-,16-13-,20-17-,25-22-,29-26-/t40?,41-,42+/m0/s1. The molecule has 0 saturated carbocycles. The molecule has 0 radical (unpaired) electrons. The summed E-state index contributed by atoms with van der Waals surface area (Å²) in [5, 5.41) is 19.5. The zero-order chi connectivity index (χ0) is 44.6. The van der Waals surface area contributed by atoms with Crippen molar-refractivity contribution in [1.29, 1.82) is 0 Å². The topological polar surface area (TPSA) is 216 Å². The summed E-state index contributed by atoms with van der Waals surface area (Å²) in [7, 11) is -9.71. The molecule has 5 N–H and O–H groups in total. The first-order valence-electron chi connectivity index (χ1n) is 21.7. The Balaban J connectivity index is 4.68. The van der Waals surface area contributed by atoms with Crippen LogP contribution in [0.15, 0.2) is 72.9 Å². The third-order valence-corrected chi connectivity index (χ3v) is 10.1. The molecule has 0 fully saturated rings. The first-order valence-corrected chi connectivity index (χ1v) is 24.7. The van der Waals surface area contributed by atoms with Crippen LogP contribution >= 0.6 is 15.6 Å². The van der Waals surface area contributed by atoms with Gasteiger partial charge in [0, 0.05) is 12.8 Å². The van der Waals surface area contributed by atoms with Gasteiger partial charge in [0.1, 0.15) is 12.7 Å². The lowest BCUT2D eigenvalue weighted by atomic mass is 10.1. The molecule has 0 heterocycles. The van der Waals surface area contributed by atoms with E-state index < -0.39 is 66.2 Å². The summed E-state index contributed by atoms with van der Waals surface area (Å²) in [6, 6.07) is 0. The van der Waals surface area contributed by atoms with Crippen molar-refractivity contribution in [3.63, 3.8) is 0 Å². The number of ether oxygens (including phenoxy) is 2. The number of allylic oxidation sites excluding steroid dienone is 11. The molecule has 0 aliphatic rings. The van der Waals surface area contributed by atoms with Crippen molar-refractivity contribution in [2.75, 3.05) is 26.4 Å². The third-order valence-electron chi connectivity index (χ3n) is 8.64. The van der Waals surface area contributed by atoms with Crippen LogP contribution in [0.4, 0.5) is 0 Å². The van der Waals surface area contributed by atoms with E-state index in [1.165, 1.54) is 25.7 Å². The average Bonchev–Trinajstić information content (AvgIpc) is 3.20. The van der Waals surface area contributed by atoms with Gasteiger partial charge < -0.3 is 34.4 Å². The highest BCUT2D eigenvalue weighted by atomic mass is 31.2. The van der Waals surface area contributed by atoms with E-state index in [0.29, 0.717) is 25.7 Å². The number of aliphatic hydroxyl groups excluding tert-OH is 2. The van der Waals surface area contributed by atoms with Crippen molar-refractivity contribution in [3.8, 4) is 0 Å². The maximum absolute atomic E-state index is 12.6. The summed E-state index contributed by atoms with van der Waals surface area (Å²) in [5.74, 6) is -1.14. The molecular weight excluding hydrogens is 814 g/mol. The van der Waals surface area contributed by atoms with E-state index >= 15 is 0 Å². The highest BCUT2D eigenvalue weighted by molar-refractivity contribution is 7.47. The Morgan fingerprint density at radius 2 is 1.05 bits per heavy atom. The number of hydrogen-bond donors (Lipinski definition) is 5. The fraction of sp³-hybridized carbons (Fsp3) is 0.682. The minimum atomic E-state index is -4.88. The zero-order valence-corrected chi connectivity index (χ0v) is 37.9. The van der Waals surface area contributed by atoms with Gasteiger partial charge in [0.15, 0.2) is 6.10 Å². The Bertz CT molecular complexity index is 1350. The fourth-order valence-electron chi connectivity index (χ4n) is 5.35. The molecule has 4 atom stereocenters. The van der Waals surface area contributed by atoms with Gasteiger partial charge in [-0.1, -0.05) is 132 Å². The molecule has 346 valence electrons. The van der Waals surface area contributed by atoms with Crippen LogP contribution in [0.1, 0.15) is 149 Å². The summed E-state index contributed by atoms with van der Waals surface area (Å²) in [6.07, 6.45) is 39.6. The van der Waals surface area contributed by atoms with Crippen molar-refractivity contribution in [1.82, 2.24) is 0 Å². The molecule has 0 aliphatic heterocycles. The number of esters is 2. The lowest BCUT2D eigenvalue weighted by Crippen LogP contribution is -2.29. The van der Waals surface area contributed by atoms with Gasteiger partial charge in [0.05, 0.1) is 25.9 Å². The molecule has 14 nitrogen and oxygen atoms in total. The van der Waals surface area contributed by atoms with E-state index in [9.17, 15) is 33.8 Å². The van der Waals surface area contributed by atoms with Crippen molar-refractivity contribution >= 4 is 27.6 Å². The number of phosphoric acid groups is 2.